The minimum atomic E-state index is -0.184. The Bertz CT molecular complexity index is 96.9. The quantitative estimate of drug-likeness (QED) is 0.535. The molecule has 13 heavy (non-hydrogen) atoms. The van der Waals surface area contributed by atoms with Gasteiger partial charge in [-0.2, -0.15) is 0 Å². The Morgan fingerprint density at radius 2 is 2.08 bits per heavy atom. The summed E-state index contributed by atoms with van der Waals surface area (Å²) in [4.78, 5) is 0. The number of nitrogens with one attached hydrogen (secondary N) is 1. The molecule has 0 aliphatic heterocycles. The van der Waals surface area contributed by atoms with E-state index in [4.69, 9.17) is 9.84 Å². The first-order chi connectivity index (χ1) is 6.27. The number of rotatable bonds is 9. The van der Waals surface area contributed by atoms with Gasteiger partial charge in [-0.05, 0) is 46.2 Å². The molecule has 3 nitrogen and oxygen atoms in total. The fourth-order valence-electron chi connectivity index (χ4n) is 1.03. The molecular weight excluding hydrogens is 166 g/mol. The Kier molecular flexibility index (Phi) is 9.87. The van der Waals surface area contributed by atoms with Gasteiger partial charge < -0.3 is 15.2 Å². The Morgan fingerprint density at radius 1 is 1.31 bits per heavy atom. The SMILES string of the molecule is CCOCCCCNCCC(C)O. The number of aliphatic hydroxyl groups is 1. The third kappa shape index (κ3) is 11.9. The minimum absolute atomic E-state index is 0.184. The van der Waals surface area contributed by atoms with Crippen LogP contribution >= 0.6 is 0 Å². The molecule has 0 aliphatic rings. The zero-order valence-electron chi connectivity index (χ0n) is 8.88. The third-order valence-corrected chi connectivity index (χ3v) is 1.84. The molecule has 2 N–H and O–H groups in total. The minimum Gasteiger partial charge on any atom is -0.393 e. The fourth-order valence-corrected chi connectivity index (χ4v) is 1.03. The first kappa shape index (κ1) is 12.9. The number of hydrogen-bond donors (Lipinski definition) is 2. The zero-order chi connectivity index (χ0) is 9.94. The van der Waals surface area contributed by atoms with Crippen molar-refractivity contribution in [2.45, 2.75) is 39.2 Å². The van der Waals surface area contributed by atoms with Crippen molar-refractivity contribution < 1.29 is 9.84 Å². The lowest BCUT2D eigenvalue weighted by Gasteiger charge is -2.06. The molecule has 0 spiro atoms. The molecular formula is C10H23NO2. The van der Waals surface area contributed by atoms with Gasteiger partial charge >= 0.3 is 0 Å². The number of unbranched alkanes of at least 4 members (excludes halogenated alkanes) is 1. The molecule has 0 radical (unpaired) electrons. The van der Waals surface area contributed by atoms with Crippen molar-refractivity contribution in [3.8, 4) is 0 Å². The maximum atomic E-state index is 8.97. The molecule has 0 aromatic heterocycles. The summed E-state index contributed by atoms with van der Waals surface area (Å²) in [6.45, 7) is 7.45. The fraction of sp³-hybridized carbons (Fsp3) is 1.00. The summed E-state index contributed by atoms with van der Waals surface area (Å²) in [5.74, 6) is 0. The van der Waals surface area contributed by atoms with Gasteiger partial charge in [-0.3, -0.25) is 0 Å². The van der Waals surface area contributed by atoms with E-state index in [1.165, 1.54) is 0 Å². The van der Waals surface area contributed by atoms with Crippen LogP contribution in [0.4, 0.5) is 0 Å². The van der Waals surface area contributed by atoms with E-state index >= 15 is 0 Å². The molecule has 0 aromatic rings. The van der Waals surface area contributed by atoms with Crippen molar-refractivity contribution in [1.29, 1.82) is 0 Å². The molecule has 0 aliphatic carbocycles. The largest absolute Gasteiger partial charge is 0.393 e. The number of aliphatic hydroxyl groups excluding tert-OH is 1. The van der Waals surface area contributed by atoms with Crippen molar-refractivity contribution in [2.75, 3.05) is 26.3 Å². The van der Waals surface area contributed by atoms with Crippen molar-refractivity contribution in [3.63, 3.8) is 0 Å². The van der Waals surface area contributed by atoms with Gasteiger partial charge in [0.15, 0.2) is 0 Å². The Hall–Kier alpha value is -0.120. The van der Waals surface area contributed by atoms with Crippen LogP contribution in [-0.2, 0) is 4.74 Å². The summed E-state index contributed by atoms with van der Waals surface area (Å²) >= 11 is 0. The smallest absolute Gasteiger partial charge is 0.0524 e. The molecule has 1 atom stereocenters. The van der Waals surface area contributed by atoms with Crippen LogP contribution in [0.3, 0.4) is 0 Å². The van der Waals surface area contributed by atoms with Gasteiger partial charge in [-0.25, -0.2) is 0 Å². The van der Waals surface area contributed by atoms with Crippen LogP contribution in [0.15, 0.2) is 0 Å². The lowest BCUT2D eigenvalue weighted by Crippen LogP contribution is -2.20. The highest BCUT2D eigenvalue weighted by molar-refractivity contribution is 4.52. The van der Waals surface area contributed by atoms with Crippen LogP contribution in [0, 0.1) is 0 Å². The van der Waals surface area contributed by atoms with Gasteiger partial charge in [0, 0.05) is 13.2 Å². The molecule has 0 saturated heterocycles. The van der Waals surface area contributed by atoms with E-state index in [9.17, 15) is 0 Å². The van der Waals surface area contributed by atoms with Gasteiger partial charge in [-0.1, -0.05) is 0 Å². The van der Waals surface area contributed by atoms with E-state index < -0.39 is 0 Å². The summed E-state index contributed by atoms with van der Waals surface area (Å²) in [5, 5.41) is 12.2. The lowest BCUT2D eigenvalue weighted by molar-refractivity contribution is 0.143. The molecule has 0 saturated carbocycles. The number of ether oxygens (including phenoxy) is 1. The Morgan fingerprint density at radius 3 is 2.69 bits per heavy atom. The predicted octanol–water partition coefficient (Wildman–Crippen LogP) is 1.16. The highest BCUT2D eigenvalue weighted by Gasteiger charge is 1.94. The summed E-state index contributed by atoms with van der Waals surface area (Å²) in [6, 6.07) is 0. The van der Waals surface area contributed by atoms with E-state index in [1.807, 2.05) is 13.8 Å². The van der Waals surface area contributed by atoms with Crippen LogP contribution in [0.2, 0.25) is 0 Å². The second-order valence-corrected chi connectivity index (χ2v) is 3.29. The average Bonchev–Trinajstić information content (AvgIpc) is 2.09. The van der Waals surface area contributed by atoms with Crippen LogP contribution in [-0.4, -0.2) is 37.5 Å². The van der Waals surface area contributed by atoms with Crippen molar-refractivity contribution >= 4 is 0 Å². The van der Waals surface area contributed by atoms with E-state index in [0.717, 1.165) is 45.6 Å². The van der Waals surface area contributed by atoms with E-state index in [2.05, 4.69) is 5.32 Å². The summed E-state index contributed by atoms with van der Waals surface area (Å²) in [6.07, 6.45) is 2.93. The topological polar surface area (TPSA) is 41.5 Å². The first-order valence-corrected chi connectivity index (χ1v) is 5.24. The van der Waals surface area contributed by atoms with Gasteiger partial charge in [-0.15, -0.1) is 0 Å². The van der Waals surface area contributed by atoms with Crippen molar-refractivity contribution in [3.05, 3.63) is 0 Å². The summed E-state index contributed by atoms with van der Waals surface area (Å²) in [5.41, 5.74) is 0. The first-order valence-electron chi connectivity index (χ1n) is 5.24. The number of hydrogen-bond acceptors (Lipinski definition) is 3. The maximum Gasteiger partial charge on any atom is 0.0524 e. The van der Waals surface area contributed by atoms with Crippen LogP contribution < -0.4 is 5.32 Å². The molecule has 0 heterocycles. The molecule has 0 bridgehead atoms. The molecule has 3 heteroatoms. The van der Waals surface area contributed by atoms with E-state index in [-0.39, 0.29) is 6.10 Å². The molecule has 0 rings (SSSR count). The zero-order valence-corrected chi connectivity index (χ0v) is 8.88. The van der Waals surface area contributed by atoms with Crippen LogP contribution in [0.5, 0.6) is 0 Å². The predicted molar refractivity (Wildman–Crippen MR) is 54.9 cm³/mol. The van der Waals surface area contributed by atoms with Crippen LogP contribution in [0.1, 0.15) is 33.1 Å². The normalized spacial score (nSPS) is 13.2. The lowest BCUT2D eigenvalue weighted by atomic mass is 10.3. The molecule has 0 aromatic carbocycles. The second kappa shape index (κ2) is 9.96. The highest BCUT2D eigenvalue weighted by Crippen LogP contribution is 1.90. The average molecular weight is 189 g/mol. The van der Waals surface area contributed by atoms with Crippen LogP contribution in [0.25, 0.3) is 0 Å². The van der Waals surface area contributed by atoms with Crippen molar-refractivity contribution in [2.24, 2.45) is 0 Å². The van der Waals surface area contributed by atoms with E-state index in [1.54, 1.807) is 0 Å². The molecule has 0 fully saturated rings. The summed E-state index contributed by atoms with van der Waals surface area (Å²) in [7, 11) is 0. The third-order valence-electron chi connectivity index (χ3n) is 1.84. The van der Waals surface area contributed by atoms with Gasteiger partial charge in [0.25, 0.3) is 0 Å². The second-order valence-electron chi connectivity index (χ2n) is 3.29. The van der Waals surface area contributed by atoms with Gasteiger partial charge in [0.05, 0.1) is 6.10 Å². The maximum absolute atomic E-state index is 8.97. The standard InChI is InChI=1S/C10H23NO2/c1-3-13-9-5-4-7-11-8-6-10(2)12/h10-12H,3-9H2,1-2H3. The molecule has 80 valence electrons. The molecule has 0 amide bonds. The highest BCUT2D eigenvalue weighted by atomic mass is 16.5. The monoisotopic (exact) mass is 189 g/mol. The summed E-state index contributed by atoms with van der Waals surface area (Å²) < 4.78 is 5.21. The van der Waals surface area contributed by atoms with E-state index in [0.29, 0.717) is 0 Å². The molecule has 1 unspecified atom stereocenters. The van der Waals surface area contributed by atoms with Gasteiger partial charge in [0.1, 0.15) is 0 Å². The van der Waals surface area contributed by atoms with Crippen molar-refractivity contribution in [1.82, 2.24) is 5.32 Å². The Labute approximate surface area is 81.5 Å². The van der Waals surface area contributed by atoms with Gasteiger partial charge in [0.2, 0.25) is 0 Å². The Balaban J connectivity index is 2.84.